The van der Waals surface area contributed by atoms with Gasteiger partial charge in [0.05, 0.1) is 0 Å². The summed E-state index contributed by atoms with van der Waals surface area (Å²) < 4.78 is 7.04. The minimum Gasteiger partial charge on any atom is -0.406 e. The van der Waals surface area contributed by atoms with Crippen molar-refractivity contribution in [2.24, 2.45) is 0 Å². The average Bonchev–Trinajstić information content (AvgIpc) is 2.83. The van der Waals surface area contributed by atoms with E-state index in [1.54, 1.807) is 0 Å². The summed E-state index contributed by atoms with van der Waals surface area (Å²) in [7, 11) is -2.47. The topological polar surface area (TPSA) is 67.5 Å². The smallest absolute Gasteiger partial charge is 0.261 e. The van der Waals surface area contributed by atoms with Crippen LogP contribution in [0, 0.1) is 0 Å². The number of nitrogens with two attached hydrogens (primary N) is 1. The summed E-state index contributed by atoms with van der Waals surface area (Å²) in [5.74, 6) is 1.35. The van der Waals surface area contributed by atoms with Gasteiger partial charge in [0, 0.05) is 39.3 Å². The van der Waals surface area contributed by atoms with E-state index >= 15 is 0 Å². The van der Waals surface area contributed by atoms with Gasteiger partial charge < -0.3 is 15.1 Å². The van der Waals surface area contributed by atoms with E-state index in [4.69, 9.17) is 10.2 Å². The Balaban J connectivity index is 1.46. The Hall–Kier alpha value is -2.74. The van der Waals surface area contributed by atoms with E-state index in [-0.39, 0.29) is 5.04 Å². The van der Waals surface area contributed by atoms with Gasteiger partial charge >= 0.3 is 0 Å². The van der Waals surface area contributed by atoms with Crippen LogP contribution in [-0.4, -0.2) is 62.7 Å². The number of benzene rings is 2. The minimum atomic E-state index is -2.47. The number of nitrogen functional groups attached to an aromatic ring is 1. The SMILES string of the molecule is CC(C)(C)[Si](OCCN1CCN(c2ccc(N)nn2)CC1)(c1ccccc1)c1ccccc1. The molecule has 0 amide bonds. The fourth-order valence-corrected chi connectivity index (χ4v) is 9.35. The van der Waals surface area contributed by atoms with Gasteiger partial charge in [-0.15, -0.1) is 10.2 Å². The summed E-state index contributed by atoms with van der Waals surface area (Å²) in [6.45, 7) is 12.4. The predicted octanol–water partition coefficient (Wildman–Crippen LogP) is 2.76. The van der Waals surface area contributed by atoms with Gasteiger partial charge in [-0.2, -0.15) is 0 Å². The largest absolute Gasteiger partial charge is 0.406 e. The van der Waals surface area contributed by atoms with Gasteiger partial charge in [0.1, 0.15) is 5.82 Å². The molecule has 0 atom stereocenters. The fourth-order valence-electron chi connectivity index (χ4n) is 4.79. The van der Waals surface area contributed by atoms with Gasteiger partial charge in [0.25, 0.3) is 8.32 Å². The number of aromatic nitrogens is 2. The number of anilines is 2. The van der Waals surface area contributed by atoms with Crippen LogP contribution in [0.2, 0.25) is 5.04 Å². The van der Waals surface area contributed by atoms with Crippen LogP contribution in [0.25, 0.3) is 0 Å². The zero-order valence-corrected chi connectivity index (χ0v) is 20.9. The molecule has 1 saturated heterocycles. The van der Waals surface area contributed by atoms with Gasteiger partial charge in [-0.25, -0.2) is 0 Å². The van der Waals surface area contributed by atoms with Crippen molar-refractivity contribution in [2.75, 3.05) is 50.0 Å². The van der Waals surface area contributed by atoms with Crippen molar-refractivity contribution in [3.05, 3.63) is 72.8 Å². The highest BCUT2D eigenvalue weighted by molar-refractivity contribution is 6.99. The van der Waals surface area contributed by atoms with Crippen LogP contribution in [0.15, 0.2) is 72.8 Å². The monoisotopic (exact) mass is 461 g/mol. The normalized spacial score (nSPS) is 15.5. The van der Waals surface area contributed by atoms with Crippen molar-refractivity contribution in [1.82, 2.24) is 15.1 Å². The van der Waals surface area contributed by atoms with E-state index in [1.807, 2.05) is 12.1 Å². The Bertz CT molecular complexity index is 961. The maximum atomic E-state index is 7.04. The molecular formula is C26H35N5OSi. The van der Waals surface area contributed by atoms with Crippen LogP contribution in [0.5, 0.6) is 0 Å². The van der Waals surface area contributed by atoms with E-state index in [9.17, 15) is 0 Å². The summed E-state index contributed by atoms with van der Waals surface area (Å²) in [6.07, 6.45) is 0. The Labute approximate surface area is 198 Å². The molecule has 2 heterocycles. The third kappa shape index (κ3) is 5.10. The second-order valence-electron chi connectivity index (χ2n) is 9.66. The van der Waals surface area contributed by atoms with E-state index in [1.165, 1.54) is 10.4 Å². The van der Waals surface area contributed by atoms with E-state index in [0.29, 0.717) is 5.82 Å². The van der Waals surface area contributed by atoms with Crippen LogP contribution < -0.4 is 21.0 Å². The Morgan fingerprint density at radius 2 is 1.39 bits per heavy atom. The second kappa shape index (κ2) is 10.0. The van der Waals surface area contributed by atoms with E-state index in [2.05, 4.69) is 101 Å². The zero-order valence-electron chi connectivity index (χ0n) is 19.9. The Morgan fingerprint density at radius 1 is 0.818 bits per heavy atom. The molecule has 1 fully saturated rings. The molecule has 2 aromatic carbocycles. The lowest BCUT2D eigenvalue weighted by Gasteiger charge is -2.43. The molecule has 1 aliphatic rings. The van der Waals surface area contributed by atoms with Crippen molar-refractivity contribution in [2.45, 2.75) is 25.8 Å². The molecule has 0 spiro atoms. The van der Waals surface area contributed by atoms with Crippen LogP contribution in [0.3, 0.4) is 0 Å². The molecule has 1 aliphatic heterocycles. The molecule has 1 aromatic heterocycles. The second-order valence-corrected chi connectivity index (χ2v) is 14.0. The molecule has 3 aromatic rings. The standard InChI is InChI=1S/C26H35N5OSi/c1-26(2,3)33(22-10-6-4-7-11-22,23-12-8-5-9-13-23)32-21-20-30-16-18-31(19-17-30)25-15-14-24(27)28-29-25/h4-15H,16-21H2,1-3H3,(H2,27,28). The van der Waals surface area contributed by atoms with Crippen molar-refractivity contribution in [3.63, 3.8) is 0 Å². The van der Waals surface area contributed by atoms with E-state index in [0.717, 1.165) is 45.1 Å². The third-order valence-corrected chi connectivity index (χ3v) is 11.6. The lowest BCUT2D eigenvalue weighted by Crippen LogP contribution is -2.67. The van der Waals surface area contributed by atoms with Crippen LogP contribution >= 0.6 is 0 Å². The Kier molecular flexibility index (Phi) is 7.12. The summed E-state index contributed by atoms with van der Waals surface area (Å²) in [5.41, 5.74) is 5.67. The highest BCUT2D eigenvalue weighted by Crippen LogP contribution is 2.36. The lowest BCUT2D eigenvalue weighted by molar-refractivity contribution is 0.194. The number of rotatable bonds is 7. The minimum absolute atomic E-state index is 0.00221. The van der Waals surface area contributed by atoms with Crippen molar-refractivity contribution in [3.8, 4) is 0 Å². The fraction of sp³-hybridized carbons (Fsp3) is 0.385. The van der Waals surface area contributed by atoms with Crippen LogP contribution in [-0.2, 0) is 4.43 Å². The van der Waals surface area contributed by atoms with Gasteiger partial charge in [-0.1, -0.05) is 81.4 Å². The van der Waals surface area contributed by atoms with Crippen LogP contribution in [0.1, 0.15) is 20.8 Å². The maximum Gasteiger partial charge on any atom is 0.261 e. The van der Waals surface area contributed by atoms with Crippen molar-refractivity contribution < 1.29 is 4.43 Å². The first-order valence-electron chi connectivity index (χ1n) is 11.7. The first-order valence-corrected chi connectivity index (χ1v) is 13.6. The highest BCUT2D eigenvalue weighted by atomic mass is 28.4. The van der Waals surface area contributed by atoms with E-state index < -0.39 is 8.32 Å². The summed E-state index contributed by atoms with van der Waals surface area (Å²) in [5, 5.41) is 10.9. The molecule has 174 valence electrons. The third-order valence-electron chi connectivity index (χ3n) is 6.51. The molecule has 0 unspecified atom stereocenters. The maximum absolute atomic E-state index is 7.04. The quantitative estimate of drug-likeness (QED) is 0.546. The average molecular weight is 462 g/mol. The van der Waals surface area contributed by atoms with Crippen LogP contribution in [0.4, 0.5) is 11.6 Å². The van der Waals surface area contributed by atoms with Crippen molar-refractivity contribution in [1.29, 1.82) is 0 Å². The number of hydrogen-bond acceptors (Lipinski definition) is 6. The molecule has 0 radical (unpaired) electrons. The van der Waals surface area contributed by atoms with Gasteiger partial charge in [-0.05, 0) is 27.5 Å². The molecule has 0 aliphatic carbocycles. The van der Waals surface area contributed by atoms with Crippen molar-refractivity contribution >= 4 is 30.3 Å². The number of nitrogens with zero attached hydrogens (tertiary/aromatic N) is 4. The molecule has 4 rings (SSSR count). The Morgan fingerprint density at radius 3 is 1.88 bits per heavy atom. The van der Waals surface area contributed by atoms with Gasteiger partial charge in [-0.3, -0.25) is 4.90 Å². The predicted molar refractivity (Wildman–Crippen MR) is 139 cm³/mol. The molecular weight excluding hydrogens is 426 g/mol. The summed E-state index contributed by atoms with van der Waals surface area (Å²) >= 11 is 0. The molecule has 6 nitrogen and oxygen atoms in total. The number of hydrogen-bond donors (Lipinski definition) is 1. The molecule has 7 heteroatoms. The summed E-state index contributed by atoms with van der Waals surface area (Å²) in [4.78, 5) is 4.75. The van der Waals surface area contributed by atoms with Gasteiger partial charge in [0.2, 0.25) is 0 Å². The number of piperazine rings is 1. The van der Waals surface area contributed by atoms with Gasteiger partial charge in [0.15, 0.2) is 5.82 Å². The highest BCUT2D eigenvalue weighted by Gasteiger charge is 2.50. The lowest BCUT2D eigenvalue weighted by atomic mass is 10.2. The molecule has 0 saturated carbocycles. The first-order chi connectivity index (χ1) is 15.9. The molecule has 2 N–H and O–H groups in total. The molecule has 33 heavy (non-hydrogen) atoms. The first kappa shape index (κ1) is 23.4. The zero-order chi connectivity index (χ0) is 23.3. The summed E-state index contributed by atoms with van der Waals surface area (Å²) in [6, 6.07) is 25.5. The molecule has 0 bridgehead atoms.